The molecule has 0 fully saturated rings. The van der Waals surface area contributed by atoms with E-state index in [9.17, 15) is 9.59 Å². The van der Waals surface area contributed by atoms with E-state index in [0.717, 1.165) is 11.1 Å². The van der Waals surface area contributed by atoms with Crippen LogP contribution in [0.2, 0.25) is 0 Å². The Labute approximate surface area is 183 Å². The Bertz CT molecular complexity index is 1190. The van der Waals surface area contributed by atoms with Gasteiger partial charge in [0.1, 0.15) is 0 Å². The number of thiazole rings is 1. The van der Waals surface area contributed by atoms with Crippen molar-refractivity contribution < 1.29 is 9.59 Å². The summed E-state index contributed by atoms with van der Waals surface area (Å²) in [5.74, 6) is -0.270. The van der Waals surface area contributed by atoms with E-state index in [0.29, 0.717) is 35.1 Å². The number of nitrogens with one attached hydrogen (secondary N) is 1. The Morgan fingerprint density at radius 1 is 1.00 bits per heavy atom. The van der Waals surface area contributed by atoms with E-state index < -0.39 is 0 Å². The van der Waals surface area contributed by atoms with Gasteiger partial charge in [-0.25, -0.2) is 4.98 Å². The Morgan fingerprint density at radius 3 is 2.39 bits per heavy atom. The van der Waals surface area contributed by atoms with Crippen LogP contribution in [0, 0.1) is 6.92 Å². The predicted octanol–water partition coefficient (Wildman–Crippen LogP) is 3.78. The number of aryl methyl sites for hydroxylation is 2. The minimum atomic E-state index is -0.317. The SMILES string of the molecule is Cc1nc(-n2cc(C(=O)NCc3ccccc3)nn2)sc1C(=O)CCc1ccccc1. The molecule has 0 radical (unpaired) electrons. The van der Waals surface area contributed by atoms with Crippen LogP contribution >= 0.6 is 11.3 Å². The molecule has 2 aromatic carbocycles. The molecule has 7 nitrogen and oxygen atoms in total. The second kappa shape index (κ2) is 9.44. The Balaban J connectivity index is 1.40. The van der Waals surface area contributed by atoms with Crippen molar-refractivity contribution in [2.24, 2.45) is 0 Å². The lowest BCUT2D eigenvalue weighted by Gasteiger charge is -2.02. The number of carbonyl (C=O) groups is 2. The van der Waals surface area contributed by atoms with Crippen LogP contribution in [0.15, 0.2) is 66.9 Å². The van der Waals surface area contributed by atoms with Crippen LogP contribution in [-0.2, 0) is 13.0 Å². The molecule has 0 saturated heterocycles. The van der Waals surface area contributed by atoms with Crippen LogP contribution < -0.4 is 5.32 Å². The first kappa shape index (κ1) is 20.6. The molecule has 4 aromatic rings. The van der Waals surface area contributed by atoms with Crippen molar-refractivity contribution in [3.8, 4) is 5.13 Å². The highest BCUT2D eigenvalue weighted by atomic mass is 32.1. The van der Waals surface area contributed by atoms with Gasteiger partial charge in [0.25, 0.3) is 5.91 Å². The molecule has 0 aliphatic carbocycles. The van der Waals surface area contributed by atoms with Crippen LogP contribution in [-0.4, -0.2) is 31.7 Å². The molecule has 0 saturated carbocycles. The highest BCUT2D eigenvalue weighted by molar-refractivity contribution is 7.16. The second-order valence-electron chi connectivity index (χ2n) is 7.04. The summed E-state index contributed by atoms with van der Waals surface area (Å²) in [6.45, 7) is 2.21. The zero-order valence-electron chi connectivity index (χ0n) is 17.0. The third-order valence-electron chi connectivity index (χ3n) is 4.74. The number of hydrogen-bond acceptors (Lipinski definition) is 6. The van der Waals surface area contributed by atoms with Crippen LogP contribution in [0.3, 0.4) is 0 Å². The molecule has 0 aliphatic heterocycles. The van der Waals surface area contributed by atoms with Gasteiger partial charge in [-0.2, -0.15) is 4.68 Å². The van der Waals surface area contributed by atoms with Crippen molar-refractivity contribution in [1.82, 2.24) is 25.3 Å². The molecule has 0 spiro atoms. The monoisotopic (exact) mass is 431 g/mol. The molecule has 0 aliphatic rings. The molecule has 0 bridgehead atoms. The molecule has 1 amide bonds. The smallest absolute Gasteiger partial charge is 0.273 e. The molecule has 0 atom stereocenters. The van der Waals surface area contributed by atoms with Crippen LogP contribution in [0.1, 0.15) is 43.4 Å². The lowest BCUT2D eigenvalue weighted by molar-refractivity contribution is 0.0944. The number of amides is 1. The quantitative estimate of drug-likeness (QED) is 0.429. The van der Waals surface area contributed by atoms with Crippen LogP contribution in [0.4, 0.5) is 0 Å². The van der Waals surface area contributed by atoms with Crippen molar-refractivity contribution in [3.05, 3.63) is 94.3 Å². The maximum Gasteiger partial charge on any atom is 0.273 e. The van der Waals surface area contributed by atoms with Gasteiger partial charge >= 0.3 is 0 Å². The molecule has 2 aromatic heterocycles. The van der Waals surface area contributed by atoms with Crippen molar-refractivity contribution >= 4 is 23.0 Å². The molecular weight excluding hydrogens is 410 g/mol. The number of benzene rings is 2. The summed E-state index contributed by atoms with van der Waals surface area (Å²) in [4.78, 5) is 30.1. The first-order chi connectivity index (χ1) is 15.1. The molecule has 2 heterocycles. The Hall–Kier alpha value is -3.65. The topological polar surface area (TPSA) is 89.8 Å². The minimum Gasteiger partial charge on any atom is -0.347 e. The summed E-state index contributed by atoms with van der Waals surface area (Å²) < 4.78 is 1.43. The first-order valence-electron chi connectivity index (χ1n) is 9.89. The number of nitrogens with zero attached hydrogens (tertiary/aromatic N) is 4. The fraction of sp³-hybridized carbons (Fsp3) is 0.174. The van der Waals surface area contributed by atoms with Gasteiger partial charge in [0, 0.05) is 13.0 Å². The fourth-order valence-electron chi connectivity index (χ4n) is 3.09. The number of Topliss-reactive ketones (excluding diaryl/α,β-unsaturated/α-hetero) is 1. The van der Waals surface area contributed by atoms with E-state index in [2.05, 4.69) is 20.6 Å². The molecular formula is C23H21N5O2S. The lowest BCUT2D eigenvalue weighted by atomic mass is 10.1. The van der Waals surface area contributed by atoms with Gasteiger partial charge in [-0.1, -0.05) is 77.2 Å². The van der Waals surface area contributed by atoms with Gasteiger partial charge in [0.2, 0.25) is 5.13 Å². The van der Waals surface area contributed by atoms with Gasteiger partial charge in [0.05, 0.1) is 16.8 Å². The van der Waals surface area contributed by atoms with Gasteiger partial charge in [-0.15, -0.1) is 5.10 Å². The predicted molar refractivity (Wildman–Crippen MR) is 118 cm³/mol. The zero-order valence-corrected chi connectivity index (χ0v) is 17.8. The highest BCUT2D eigenvalue weighted by Gasteiger charge is 2.18. The fourth-order valence-corrected chi connectivity index (χ4v) is 4.04. The summed E-state index contributed by atoms with van der Waals surface area (Å²) in [7, 11) is 0. The van der Waals surface area contributed by atoms with E-state index in [1.54, 1.807) is 6.92 Å². The second-order valence-corrected chi connectivity index (χ2v) is 8.01. The van der Waals surface area contributed by atoms with Crippen molar-refractivity contribution in [2.45, 2.75) is 26.3 Å². The molecule has 4 rings (SSSR count). The molecule has 31 heavy (non-hydrogen) atoms. The number of rotatable bonds is 8. The standard InChI is InChI=1S/C23H21N5O2S/c1-16-21(20(29)13-12-17-8-4-2-5-9-17)31-23(25-16)28-15-19(26-27-28)22(30)24-14-18-10-6-3-7-11-18/h2-11,15H,12-14H2,1H3,(H,24,30). The number of hydrogen-bond donors (Lipinski definition) is 1. The number of aromatic nitrogens is 4. The van der Waals surface area contributed by atoms with Crippen LogP contribution in [0.25, 0.3) is 5.13 Å². The maximum absolute atomic E-state index is 12.7. The van der Waals surface area contributed by atoms with Crippen molar-refractivity contribution in [1.29, 1.82) is 0 Å². The van der Waals surface area contributed by atoms with E-state index in [1.807, 2.05) is 60.7 Å². The summed E-state index contributed by atoms with van der Waals surface area (Å²) in [6.07, 6.45) is 2.62. The summed E-state index contributed by atoms with van der Waals surface area (Å²) >= 11 is 1.26. The Kier molecular flexibility index (Phi) is 6.28. The van der Waals surface area contributed by atoms with Crippen molar-refractivity contribution in [3.63, 3.8) is 0 Å². The van der Waals surface area contributed by atoms with Crippen LogP contribution in [0.5, 0.6) is 0 Å². The Morgan fingerprint density at radius 2 is 1.68 bits per heavy atom. The number of ketones is 1. The summed E-state index contributed by atoms with van der Waals surface area (Å²) in [5, 5.41) is 11.3. The van der Waals surface area contributed by atoms with E-state index in [-0.39, 0.29) is 17.4 Å². The average Bonchev–Trinajstić information content (AvgIpc) is 3.44. The minimum absolute atomic E-state index is 0.0473. The van der Waals surface area contributed by atoms with E-state index in [1.165, 1.54) is 22.2 Å². The first-order valence-corrected chi connectivity index (χ1v) is 10.7. The third kappa shape index (κ3) is 5.10. The maximum atomic E-state index is 12.7. The summed E-state index contributed by atoms with van der Waals surface area (Å²) in [5.41, 5.74) is 2.97. The largest absolute Gasteiger partial charge is 0.347 e. The van der Waals surface area contributed by atoms with Crippen molar-refractivity contribution in [2.75, 3.05) is 0 Å². The molecule has 1 N–H and O–H groups in total. The van der Waals surface area contributed by atoms with Gasteiger partial charge in [0.15, 0.2) is 11.5 Å². The number of carbonyl (C=O) groups excluding carboxylic acids is 2. The zero-order chi connectivity index (χ0) is 21.6. The van der Waals surface area contributed by atoms with Gasteiger partial charge < -0.3 is 5.32 Å². The lowest BCUT2D eigenvalue weighted by Crippen LogP contribution is -2.23. The molecule has 156 valence electrons. The molecule has 0 unspecified atom stereocenters. The van der Waals surface area contributed by atoms with Gasteiger partial charge in [-0.05, 0) is 24.5 Å². The summed E-state index contributed by atoms with van der Waals surface area (Å²) in [6, 6.07) is 19.5. The van der Waals surface area contributed by atoms with E-state index in [4.69, 9.17) is 0 Å². The normalized spacial score (nSPS) is 10.7. The molecule has 8 heteroatoms. The average molecular weight is 432 g/mol. The highest BCUT2D eigenvalue weighted by Crippen LogP contribution is 2.23. The third-order valence-corrected chi connectivity index (χ3v) is 5.93. The van der Waals surface area contributed by atoms with E-state index >= 15 is 0 Å². The van der Waals surface area contributed by atoms with Gasteiger partial charge in [-0.3, -0.25) is 9.59 Å².